The number of nitrogens with one attached hydrogen (secondary N) is 1. The minimum absolute atomic E-state index is 0.882. The van der Waals surface area contributed by atoms with Crippen LogP contribution >= 0.6 is 0 Å². The summed E-state index contributed by atoms with van der Waals surface area (Å²) in [6.07, 6.45) is -38.8. The SMILES string of the molecule is CC(=O)N[C@H]1[C@@H](O[C@H]2[C@H](O)[C@@H](O)[C@H](O[C@H]3[C@H](OS(=O)(=O)O)[C@@H](CO)O[C@H]3CO)O[C@@H]2C(=O)O)O[C@H](COS(=O)(=O)O)[C@@H](O[C@@H]2O[C@@H](C(=O)O)[C@@H](O)[C@H](O)[C@H]2O)[C@@H]1O. The summed E-state index contributed by atoms with van der Waals surface area (Å²) >= 11 is 0. The van der Waals surface area contributed by atoms with E-state index in [-0.39, 0.29) is 0 Å². The van der Waals surface area contributed by atoms with Gasteiger partial charge in [-0.1, -0.05) is 0 Å². The Morgan fingerprint density at radius 2 is 1.09 bits per heavy atom. The molecule has 4 aliphatic rings. The van der Waals surface area contributed by atoms with E-state index in [9.17, 15) is 91.4 Å². The quantitative estimate of drug-likeness (QED) is 0.0640. The van der Waals surface area contributed by atoms with Gasteiger partial charge in [-0.05, 0) is 0 Å². The first kappa shape index (κ1) is 47.2. The van der Waals surface area contributed by atoms with Gasteiger partial charge in [0.1, 0.15) is 85.4 Å². The van der Waals surface area contributed by atoms with Crippen molar-refractivity contribution in [1.29, 1.82) is 0 Å². The van der Waals surface area contributed by atoms with E-state index < -0.39 is 175 Å². The molecule has 0 aliphatic carbocycles. The van der Waals surface area contributed by atoms with Gasteiger partial charge in [0.2, 0.25) is 5.91 Å². The number of aliphatic hydroxyl groups excluding tert-OH is 8. The van der Waals surface area contributed by atoms with Gasteiger partial charge in [-0.15, -0.1) is 0 Å². The summed E-state index contributed by atoms with van der Waals surface area (Å²) in [4.78, 5) is 36.3. The molecule has 330 valence electrons. The van der Waals surface area contributed by atoms with Crippen LogP contribution in [0.2, 0.25) is 0 Å². The molecule has 31 heteroatoms. The Labute approximate surface area is 320 Å². The molecule has 1 amide bonds. The molecule has 4 heterocycles. The van der Waals surface area contributed by atoms with Gasteiger partial charge in [0.25, 0.3) is 0 Å². The molecular weight excluding hydrogens is 838 g/mol. The highest BCUT2D eigenvalue weighted by Crippen LogP contribution is 2.35. The van der Waals surface area contributed by atoms with E-state index in [0.29, 0.717) is 0 Å². The van der Waals surface area contributed by atoms with Crippen molar-refractivity contribution < 1.29 is 133 Å². The summed E-state index contributed by atoms with van der Waals surface area (Å²) in [7, 11) is -10.6. The fourth-order valence-corrected chi connectivity index (χ4v) is 7.15. The number of rotatable bonds is 16. The van der Waals surface area contributed by atoms with E-state index in [1.54, 1.807) is 0 Å². The molecule has 4 fully saturated rings. The lowest BCUT2D eigenvalue weighted by Crippen LogP contribution is -2.70. The van der Waals surface area contributed by atoms with E-state index in [0.717, 1.165) is 6.92 Å². The summed E-state index contributed by atoms with van der Waals surface area (Å²) in [6, 6.07) is -1.98. The second-order valence-corrected chi connectivity index (χ2v) is 15.0. The van der Waals surface area contributed by atoms with Gasteiger partial charge in [-0.3, -0.25) is 13.9 Å². The molecule has 0 aromatic carbocycles. The van der Waals surface area contributed by atoms with Crippen LogP contribution in [0.1, 0.15) is 6.92 Å². The number of carbonyl (C=O) groups is 3. The van der Waals surface area contributed by atoms with Gasteiger partial charge in [0, 0.05) is 6.92 Å². The van der Waals surface area contributed by atoms with Crippen LogP contribution < -0.4 is 5.32 Å². The van der Waals surface area contributed by atoms with Crippen LogP contribution in [0.15, 0.2) is 0 Å². The van der Waals surface area contributed by atoms with Gasteiger partial charge in [0.05, 0.1) is 19.8 Å². The average Bonchev–Trinajstić information content (AvgIpc) is 3.43. The number of hydrogen-bond acceptors (Lipinski definition) is 24. The Kier molecular flexibility index (Phi) is 15.6. The maximum atomic E-state index is 12.4. The van der Waals surface area contributed by atoms with Crippen LogP contribution in [-0.4, -0.2) is 231 Å². The molecule has 29 nitrogen and oxygen atoms in total. The minimum atomic E-state index is -5.34. The topological polar surface area (TPSA) is 457 Å². The maximum Gasteiger partial charge on any atom is 0.397 e. The molecule has 0 unspecified atom stereocenters. The second kappa shape index (κ2) is 18.9. The summed E-state index contributed by atoms with van der Waals surface area (Å²) in [6.45, 7) is -2.41. The molecule has 57 heavy (non-hydrogen) atoms. The van der Waals surface area contributed by atoms with Crippen molar-refractivity contribution in [2.75, 3.05) is 19.8 Å². The zero-order valence-corrected chi connectivity index (χ0v) is 30.4. The lowest BCUT2D eigenvalue weighted by molar-refractivity contribution is -0.364. The molecule has 19 atom stereocenters. The Morgan fingerprint density at radius 1 is 0.579 bits per heavy atom. The van der Waals surface area contributed by atoms with Crippen molar-refractivity contribution in [3.63, 3.8) is 0 Å². The van der Waals surface area contributed by atoms with Crippen molar-refractivity contribution in [1.82, 2.24) is 5.32 Å². The molecule has 4 rings (SSSR count). The van der Waals surface area contributed by atoms with E-state index in [2.05, 4.69) is 13.7 Å². The summed E-state index contributed by atoms with van der Waals surface area (Å²) in [5, 5.41) is 105. The van der Waals surface area contributed by atoms with E-state index >= 15 is 0 Å². The third-order valence-electron chi connectivity index (χ3n) is 8.90. The number of carboxylic acid groups (broad SMARTS) is 2. The predicted molar refractivity (Wildman–Crippen MR) is 166 cm³/mol. The van der Waals surface area contributed by atoms with Crippen LogP contribution in [0, 0.1) is 0 Å². The number of aliphatic hydroxyl groups is 8. The first-order valence-electron chi connectivity index (χ1n) is 16.3. The molecule has 13 N–H and O–H groups in total. The fraction of sp³-hybridized carbons (Fsp3) is 0.885. The Balaban J connectivity index is 1.64. The number of ether oxygens (including phenoxy) is 7. The van der Waals surface area contributed by atoms with Crippen molar-refractivity contribution in [3.8, 4) is 0 Å². The van der Waals surface area contributed by atoms with E-state index in [4.69, 9.17) is 33.2 Å². The molecule has 4 aliphatic heterocycles. The second-order valence-electron chi connectivity index (χ2n) is 12.8. The van der Waals surface area contributed by atoms with Crippen LogP contribution in [0.3, 0.4) is 0 Å². The average molecular weight is 880 g/mol. The van der Waals surface area contributed by atoms with Gasteiger partial charge in [-0.2, -0.15) is 16.8 Å². The van der Waals surface area contributed by atoms with Crippen molar-refractivity contribution in [2.24, 2.45) is 0 Å². The summed E-state index contributed by atoms with van der Waals surface area (Å²) in [5.41, 5.74) is 0. The standard InChI is InChI=1S/C26H41NO28S2/c1-5(30)27-9-10(31)16(50-25-14(35)11(32)12(33)20(53-25)22(37)38)8(4-47-56(41,42)43)49-24(9)52-19-13(34)15(36)26(54-21(19)23(39)40)51-17-6(2-28)48-7(3-29)18(17)55-57(44,45)46/h6-21,24-26,28-29,31-36H,2-4H2,1H3,(H,27,30)(H,37,38)(H,39,40)(H,41,42,43)(H,44,45,46)/t6-,7+,8+,9+,10+,11-,12-,13+,14+,15+,16+,17+,18+,19-,20+,21-,24+,25+,26+/m0/s1. The van der Waals surface area contributed by atoms with Crippen LogP contribution in [0.5, 0.6) is 0 Å². The van der Waals surface area contributed by atoms with Crippen molar-refractivity contribution >= 4 is 38.6 Å². The van der Waals surface area contributed by atoms with Crippen LogP contribution in [0.25, 0.3) is 0 Å². The molecule has 0 bridgehead atoms. The molecule has 0 saturated carbocycles. The van der Waals surface area contributed by atoms with Crippen LogP contribution in [0.4, 0.5) is 0 Å². The molecule has 0 spiro atoms. The van der Waals surface area contributed by atoms with Gasteiger partial charge in [0.15, 0.2) is 31.1 Å². The van der Waals surface area contributed by atoms with Gasteiger partial charge < -0.3 is 89.5 Å². The summed E-state index contributed by atoms with van der Waals surface area (Å²) in [5.74, 6) is -4.82. The monoisotopic (exact) mass is 879 g/mol. The molecule has 0 aromatic heterocycles. The van der Waals surface area contributed by atoms with Crippen molar-refractivity contribution in [3.05, 3.63) is 0 Å². The molecular formula is C26H41NO28S2. The molecule has 4 saturated heterocycles. The normalized spacial score (nSPS) is 43.0. The lowest BCUT2D eigenvalue weighted by Gasteiger charge is -2.49. The predicted octanol–water partition coefficient (Wildman–Crippen LogP) is -9.08. The number of hydrogen-bond donors (Lipinski definition) is 13. The largest absolute Gasteiger partial charge is 0.479 e. The third kappa shape index (κ3) is 11.2. The highest BCUT2D eigenvalue weighted by molar-refractivity contribution is 7.81. The number of aliphatic carboxylic acids is 2. The maximum absolute atomic E-state index is 12.4. The first-order valence-corrected chi connectivity index (χ1v) is 19.0. The third-order valence-corrected chi connectivity index (χ3v) is 9.80. The highest BCUT2D eigenvalue weighted by Gasteiger charge is 2.58. The Hall–Kier alpha value is -2.45. The minimum Gasteiger partial charge on any atom is -0.479 e. The number of amides is 1. The van der Waals surface area contributed by atoms with Crippen molar-refractivity contribution in [2.45, 2.75) is 123 Å². The fourth-order valence-electron chi connectivity index (χ4n) is 6.33. The Morgan fingerprint density at radius 3 is 1.60 bits per heavy atom. The van der Waals surface area contributed by atoms with Gasteiger partial charge in [-0.25, -0.2) is 18.0 Å². The number of carbonyl (C=O) groups excluding carboxylic acids is 1. The smallest absolute Gasteiger partial charge is 0.397 e. The van der Waals surface area contributed by atoms with E-state index in [1.807, 2.05) is 0 Å². The Bertz CT molecular complexity index is 1630. The van der Waals surface area contributed by atoms with Gasteiger partial charge >= 0.3 is 32.7 Å². The highest BCUT2D eigenvalue weighted by atomic mass is 32.3. The zero-order valence-electron chi connectivity index (χ0n) is 28.8. The summed E-state index contributed by atoms with van der Waals surface area (Å²) < 4.78 is 111. The first-order chi connectivity index (χ1) is 26.4. The zero-order chi connectivity index (χ0) is 42.9. The lowest BCUT2D eigenvalue weighted by atomic mass is 9.94. The number of carboxylic acids is 2. The van der Waals surface area contributed by atoms with Crippen LogP contribution in [-0.2, 0) is 76.7 Å². The van der Waals surface area contributed by atoms with E-state index in [1.165, 1.54) is 0 Å². The molecule has 0 aromatic rings. The molecule has 0 radical (unpaired) electrons.